The molecule has 5 heteroatoms. The van der Waals surface area contributed by atoms with Crippen LogP contribution in [0.5, 0.6) is 0 Å². The fourth-order valence-electron chi connectivity index (χ4n) is 0.554. The molecule has 13 heavy (non-hydrogen) atoms. The molecule has 0 aliphatic carbocycles. The van der Waals surface area contributed by atoms with Gasteiger partial charge in [0, 0.05) is 6.08 Å². The summed E-state index contributed by atoms with van der Waals surface area (Å²) in [4.78, 5) is 10.5. The van der Waals surface area contributed by atoms with Gasteiger partial charge in [-0.25, -0.2) is 18.0 Å². The van der Waals surface area contributed by atoms with E-state index in [0.717, 1.165) is 19.3 Å². The maximum Gasteiger partial charge on any atom is 0.330 e. The Morgan fingerprint density at radius 3 is 2.08 bits per heavy atom. The number of halogens is 3. The Hall–Kier alpha value is -1.00. The zero-order chi connectivity index (χ0) is 10.3. The minimum Gasteiger partial charge on any atom is -0.466 e. The second-order valence-electron chi connectivity index (χ2n) is 2.62. The zero-order valence-corrected chi connectivity index (χ0v) is 7.23. The molecular formula is C8H11F3O2. The number of hydrogen-bond donors (Lipinski definition) is 0. The van der Waals surface area contributed by atoms with Crippen molar-refractivity contribution in [2.24, 2.45) is 5.41 Å². The van der Waals surface area contributed by atoms with Crippen molar-refractivity contribution >= 4 is 5.97 Å². The maximum atomic E-state index is 12.2. The number of allylic oxidation sites excluding steroid dienone is 1. The number of carbonyl (C=O) groups is 1. The van der Waals surface area contributed by atoms with Gasteiger partial charge in [0.05, 0.1) is 12.5 Å². The third-order valence-electron chi connectivity index (χ3n) is 1.57. The molecule has 0 unspecified atom stereocenters. The quantitative estimate of drug-likeness (QED) is 0.493. The van der Waals surface area contributed by atoms with E-state index >= 15 is 0 Å². The summed E-state index contributed by atoms with van der Waals surface area (Å²) >= 11 is 0. The third-order valence-corrected chi connectivity index (χ3v) is 1.57. The van der Waals surface area contributed by atoms with Crippen LogP contribution in [0.15, 0.2) is 12.2 Å². The Labute approximate surface area is 74.4 Å². The molecule has 0 aromatic heterocycles. The van der Waals surface area contributed by atoms with Crippen LogP contribution in [0.4, 0.5) is 13.2 Å². The second-order valence-corrected chi connectivity index (χ2v) is 2.62. The molecule has 0 bridgehead atoms. The van der Waals surface area contributed by atoms with Crippen LogP contribution < -0.4 is 0 Å². The van der Waals surface area contributed by atoms with Gasteiger partial charge in [0.25, 0.3) is 0 Å². The summed E-state index contributed by atoms with van der Waals surface area (Å²) in [7, 11) is 1.12. The lowest BCUT2D eigenvalue weighted by Crippen LogP contribution is -2.26. The first-order chi connectivity index (χ1) is 6.14. The van der Waals surface area contributed by atoms with Crippen LogP contribution in [0.25, 0.3) is 0 Å². The number of hydrogen-bond acceptors (Lipinski definition) is 2. The van der Waals surface area contributed by atoms with Crippen molar-refractivity contribution in [3.05, 3.63) is 12.2 Å². The molecule has 2 nitrogen and oxygen atoms in total. The van der Waals surface area contributed by atoms with Gasteiger partial charge < -0.3 is 4.74 Å². The van der Waals surface area contributed by atoms with Gasteiger partial charge in [-0.3, -0.25) is 0 Å². The number of ether oxygens (including phenoxy) is 1. The highest BCUT2D eigenvalue weighted by Gasteiger charge is 2.27. The van der Waals surface area contributed by atoms with Crippen LogP contribution in [0.1, 0.15) is 0 Å². The van der Waals surface area contributed by atoms with E-state index in [-0.39, 0.29) is 0 Å². The summed E-state index contributed by atoms with van der Waals surface area (Å²) in [6.45, 7) is -3.56. The van der Waals surface area contributed by atoms with E-state index in [0.29, 0.717) is 0 Å². The van der Waals surface area contributed by atoms with E-state index in [2.05, 4.69) is 4.74 Å². The number of esters is 1. The molecule has 0 radical (unpaired) electrons. The van der Waals surface area contributed by atoms with Crippen molar-refractivity contribution in [2.75, 3.05) is 27.1 Å². The standard InChI is InChI=1S/C8H11F3O2/c1-13-7(12)2-3-8(4-9,5-10)6-11/h2-3H,4-6H2,1H3/b3-2+. The summed E-state index contributed by atoms with van der Waals surface area (Å²) in [6.07, 6.45) is 1.68. The third kappa shape index (κ3) is 3.48. The van der Waals surface area contributed by atoms with E-state index in [4.69, 9.17) is 0 Å². The van der Waals surface area contributed by atoms with Crippen molar-refractivity contribution in [3.8, 4) is 0 Å². The first-order valence-electron chi connectivity index (χ1n) is 3.59. The van der Waals surface area contributed by atoms with Crippen molar-refractivity contribution in [2.45, 2.75) is 0 Å². The highest BCUT2D eigenvalue weighted by molar-refractivity contribution is 5.81. The van der Waals surface area contributed by atoms with Crippen LogP contribution >= 0.6 is 0 Å². The Balaban J connectivity index is 4.40. The van der Waals surface area contributed by atoms with Crippen LogP contribution in [0.2, 0.25) is 0 Å². The molecule has 0 aromatic carbocycles. The van der Waals surface area contributed by atoms with Gasteiger partial charge in [0.1, 0.15) is 20.0 Å². The number of alkyl halides is 3. The average Bonchev–Trinajstić information content (AvgIpc) is 2.20. The van der Waals surface area contributed by atoms with Crippen LogP contribution in [0.3, 0.4) is 0 Å². The van der Waals surface area contributed by atoms with Crippen LogP contribution in [-0.2, 0) is 9.53 Å². The smallest absolute Gasteiger partial charge is 0.330 e. The Morgan fingerprint density at radius 1 is 1.31 bits per heavy atom. The first kappa shape index (κ1) is 12.0. The van der Waals surface area contributed by atoms with Crippen LogP contribution in [0, 0.1) is 5.41 Å². The molecule has 0 saturated heterocycles. The summed E-state index contributed by atoms with van der Waals surface area (Å²) in [5.41, 5.74) is -1.83. The Bertz CT molecular complexity index is 180. The van der Waals surface area contributed by atoms with Gasteiger partial charge in [-0.2, -0.15) is 0 Å². The normalized spacial score (nSPS) is 12.0. The number of rotatable bonds is 5. The first-order valence-corrected chi connectivity index (χ1v) is 3.59. The largest absolute Gasteiger partial charge is 0.466 e. The topological polar surface area (TPSA) is 26.3 Å². The zero-order valence-electron chi connectivity index (χ0n) is 7.23. The highest BCUT2D eigenvalue weighted by atomic mass is 19.1. The molecule has 0 fully saturated rings. The summed E-state index contributed by atoms with van der Waals surface area (Å²) < 4.78 is 40.7. The Morgan fingerprint density at radius 2 is 1.77 bits per heavy atom. The molecule has 0 rings (SSSR count). The molecule has 0 amide bonds. The van der Waals surface area contributed by atoms with Gasteiger partial charge >= 0.3 is 5.97 Å². The van der Waals surface area contributed by atoms with Crippen molar-refractivity contribution in [1.82, 2.24) is 0 Å². The lowest BCUT2D eigenvalue weighted by atomic mass is 9.93. The maximum absolute atomic E-state index is 12.2. The fourth-order valence-corrected chi connectivity index (χ4v) is 0.554. The minimum atomic E-state index is -1.83. The van der Waals surface area contributed by atoms with E-state index in [1.807, 2.05) is 0 Å². The van der Waals surface area contributed by atoms with Crippen molar-refractivity contribution < 1.29 is 22.7 Å². The highest BCUT2D eigenvalue weighted by Crippen LogP contribution is 2.21. The molecule has 76 valence electrons. The average molecular weight is 196 g/mol. The molecule has 0 aromatic rings. The predicted molar refractivity (Wildman–Crippen MR) is 41.5 cm³/mol. The van der Waals surface area contributed by atoms with Gasteiger partial charge in [-0.05, 0) is 0 Å². The molecule has 0 aliphatic heterocycles. The lowest BCUT2D eigenvalue weighted by molar-refractivity contribution is -0.134. The van der Waals surface area contributed by atoms with Gasteiger partial charge in [0.15, 0.2) is 0 Å². The van der Waals surface area contributed by atoms with E-state index in [1.165, 1.54) is 0 Å². The van der Waals surface area contributed by atoms with Gasteiger partial charge in [0.2, 0.25) is 0 Å². The second kappa shape index (κ2) is 5.61. The molecule has 0 atom stereocenters. The molecule has 0 heterocycles. The number of methoxy groups -OCH3 is 1. The summed E-state index contributed by atoms with van der Waals surface area (Å²) in [6, 6.07) is 0. The Kier molecular flexibility index (Phi) is 5.18. The molecule has 0 aliphatic rings. The predicted octanol–water partition coefficient (Wildman–Crippen LogP) is 1.61. The number of carbonyl (C=O) groups excluding carboxylic acids is 1. The molecule has 0 saturated carbocycles. The summed E-state index contributed by atoms with van der Waals surface area (Å²) in [5, 5.41) is 0. The van der Waals surface area contributed by atoms with Gasteiger partial charge in [-0.15, -0.1) is 0 Å². The molecule has 0 N–H and O–H groups in total. The van der Waals surface area contributed by atoms with Crippen molar-refractivity contribution in [3.63, 3.8) is 0 Å². The molecule has 0 spiro atoms. The molecular weight excluding hydrogens is 185 g/mol. The monoisotopic (exact) mass is 196 g/mol. The lowest BCUT2D eigenvalue weighted by Gasteiger charge is -2.18. The summed E-state index contributed by atoms with van der Waals surface area (Å²) in [5.74, 6) is -0.764. The minimum absolute atomic E-state index is 0.764. The van der Waals surface area contributed by atoms with E-state index in [9.17, 15) is 18.0 Å². The fraction of sp³-hybridized carbons (Fsp3) is 0.625. The van der Waals surface area contributed by atoms with E-state index < -0.39 is 31.4 Å². The van der Waals surface area contributed by atoms with Crippen LogP contribution in [-0.4, -0.2) is 33.1 Å². The SMILES string of the molecule is COC(=O)/C=C/C(CF)(CF)CF. The van der Waals surface area contributed by atoms with E-state index in [1.54, 1.807) is 0 Å². The van der Waals surface area contributed by atoms with Gasteiger partial charge in [-0.1, -0.05) is 6.08 Å². The van der Waals surface area contributed by atoms with Crippen molar-refractivity contribution in [1.29, 1.82) is 0 Å².